The van der Waals surface area contributed by atoms with Crippen LogP contribution >= 0.6 is 0 Å². The van der Waals surface area contributed by atoms with Crippen molar-refractivity contribution >= 4 is 17.3 Å². The first-order valence-electron chi connectivity index (χ1n) is 9.01. The molecule has 1 N–H and O–H groups in total. The lowest BCUT2D eigenvalue weighted by atomic mass is 10.1. The number of pyridine rings is 1. The Bertz CT molecular complexity index is 1170. The quantitative estimate of drug-likeness (QED) is 0.448. The predicted molar refractivity (Wildman–Crippen MR) is 107 cm³/mol. The monoisotopic (exact) mass is 430 g/mol. The van der Waals surface area contributed by atoms with Crippen molar-refractivity contribution in [2.75, 3.05) is 5.32 Å². The molecule has 0 atom stereocenters. The highest BCUT2D eigenvalue weighted by Crippen LogP contribution is 2.35. The lowest BCUT2D eigenvalue weighted by Crippen LogP contribution is -2.25. The zero-order valence-corrected chi connectivity index (χ0v) is 16.7. The summed E-state index contributed by atoms with van der Waals surface area (Å²) < 4.78 is 40.6. The maximum absolute atomic E-state index is 13.0. The number of non-ortho nitro benzene ring substituents is 1. The number of rotatable bonds is 4. The average Bonchev–Trinajstić information content (AvgIpc) is 3.06. The molecule has 0 bridgehead atoms. The molecule has 11 heteroatoms. The molecule has 2 aromatic heterocycles. The molecular weight excluding hydrogens is 413 g/mol. The van der Waals surface area contributed by atoms with Crippen molar-refractivity contribution in [3.63, 3.8) is 0 Å². The summed E-state index contributed by atoms with van der Waals surface area (Å²) in [5, 5.41) is 28.0. The molecule has 2 heterocycles. The number of anilines is 2. The van der Waals surface area contributed by atoms with Gasteiger partial charge in [0.05, 0.1) is 10.5 Å². The second-order valence-corrected chi connectivity index (χ2v) is 7.60. The highest BCUT2D eigenvalue weighted by molar-refractivity contribution is 5.76. The van der Waals surface area contributed by atoms with Gasteiger partial charge in [-0.1, -0.05) is 6.07 Å². The molecule has 31 heavy (non-hydrogen) atoms. The number of nitro groups is 1. The van der Waals surface area contributed by atoms with E-state index in [9.17, 15) is 28.5 Å². The lowest BCUT2D eigenvalue weighted by molar-refractivity contribution is -0.384. The number of aromatic nitrogens is 3. The summed E-state index contributed by atoms with van der Waals surface area (Å²) in [6, 6.07) is 10.9. The summed E-state index contributed by atoms with van der Waals surface area (Å²) in [5.41, 5.74) is -1.08. The Morgan fingerprint density at radius 1 is 1.13 bits per heavy atom. The number of benzene rings is 1. The molecule has 0 aliphatic carbocycles. The van der Waals surface area contributed by atoms with Gasteiger partial charge in [-0.2, -0.15) is 23.5 Å². The Morgan fingerprint density at radius 2 is 1.77 bits per heavy atom. The third kappa shape index (κ3) is 4.48. The van der Waals surface area contributed by atoms with E-state index in [0.717, 1.165) is 6.07 Å². The normalized spacial score (nSPS) is 11.8. The summed E-state index contributed by atoms with van der Waals surface area (Å²) >= 11 is 0. The van der Waals surface area contributed by atoms with Crippen LogP contribution in [0.4, 0.5) is 30.5 Å². The molecule has 0 fully saturated rings. The van der Waals surface area contributed by atoms with Crippen molar-refractivity contribution < 1.29 is 18.1 Å². The summed E-state index contributed by atoms with van der Waals surface area (Å²) in [4.78, 5) is 13.9. The van der Waals surface area contributed by atoms with E-state index >= 15 is 0 Å². The van der Waals surface area contributed by atoms with Gasteiger partial charge in [0, 0.05) is 17.7 Å². The van der Waals surface area contributed by atoms with E-state index < -0.39 is 22.3 Å². The fraction of sp³-hybridized carbons (Fsp3) is 0.250. The Hall–Kier alpha value is -3.94. The maximum atomic E-state index is 13.0. The van der Waals surface area contributed by atoms with Crippen LogP contribution < -0.4 is 5.32 Å². The summed E-state index contributed by atoms with van der Waals surface area (Å²) in [6.45, 7) is 5.43. The van der Waals surface area contributed by atoms with Crippen LogP contribution in [0.1, 0.15) is 32.0 Å². The first-order chi connectivity index (χ1) is 14.4. The minimum Gasteiger partial charge on any atom is -0.324 e. The van der Waals surface area contributed by atoms with Gasteiger partial charge < -0.3 is 5.32 Å². The van der Waals surface area contributed by atoms with Gasteiger partial charge in [-0.3, -0.25) is 10.1 Å². The number of halogens is 3. The Morgan fingerprint density at radius 3 is 2.29 bits per heavy atom. The van der Waals surface area contributed by atoms with Gasteiger partial charge in [0.25, 0.3) is 5.69 Å². The van der Waals surface area contributed by atoms with Crippen LogP contribution in [0.3, 0.4) is 0 Å². The van der Waals surface area contributed by atoms with E-state index in [2.05, 4.69) is 15.4 Å². The van der Waals surface area contributed by atoms with Gasteiger partial charge in [0.15, 0.2) is 0 Å². The van der Waals surface area contributed by atoms with Gasteiger partial charge in [0.2, 0.25) is 0 Å². The molecular formula is C20H17F3N6O2. The maximum Gasteiger partial charge on any atom is 0.433 e. The number of alkyl halides is 3. The molecule has 0 amide bonds. The molecule has 160 valence electrons. The molecule has 0 aliphatic rings. The smallest absolute Gasteiger partial charge is 0.324 e. The van der Waals surface area contributed by atoms with Crippen molar-refractivity contribution in [3.8, 4) is 17.3 Å². The minimum atomic E-state index is -4.62. The summed E-state index contributed by atoms with van der Waals surface area (Å²) in [6.07, 6.45) is -4.62. The van der Waals surface area contributed by atoms with Crippen molar-refractivity contribution in [3.05, 3.63) is 63.8 Å². The van der Waals surface area contributed by atoms with E-state index in [1.807, 2.05) is 26.8 Å². The molecule has 0 aliphatic heterocycles. The van der Waals surface area contributed by atoms with Crippen molar-refractivity contribution in [2.45, 2.75) is 32.5 Å². The highest BCUT2D eigenvalue weighted by Gasteiger charge is 2.33. The fourth-order valence-electron chi connectivity index (χ4n) is 2.85. The SMILES string of the molecule is CC(C)(C)n1nc(-c2ccc([N+](=O)[O-])cc2)c(C#N)c1Nc1cccc(C(F)(F)F)n1. The first kappa shape index (κ1) is 21.8. The van der Waals surface area contributed by atoms with Crippen LogP contribution in [-0.2, 0) is 11.7 Å². The predicted octanol–water partition coefficient (Wildman–Crippen LogP) is 5.24. The van der Waals surface area contributed by atoms with Crippen molar-refractivity contribution in [1.29, 1.82) is 5.26 Å². The Balaban J connectivity index is 2.14. The zero-order valence-electron chi connectivity index (χ0n) is 16.7. The number of nitrogens with zero attached hydrogens (tertiary/aromatic N) is 5. The number of hydrogen-bond donors (Lipinski definition) is 1. The van der Waals surface area contributed by atoms with E-state index in [0.29, 0.717) is 5.56 Å². The molecule has 8 nitrogen and oxygen atoms in total. The molecule has 0 saturated heterocycles. The van der Waals surface area contributed by atoms with E-state index in [1.165, 1.54) is 41.1 Å². The first-order valence-corrected chi connectivity index (χ1v) is 9.01. The van der Waals surface area contributed by atoms with Gasteiger partial charge in [0.1, 0.15) is 34.7 Å². The highest BCUT2D eigenvalue weighted by atomic mass is 19.4. The zero-order chi connectivity index (χ0) is 23.0. The van der Waals surface area contributed by atoms with E-state index in [1.54, 1.807) is 0 Å². The third-order valence-electron chi connectivity index (χ3n) is 4.27. The van der Waals surface area contributed by atoms with Crippen LogP contribution in [-0.4, -0.2) is 19.7 Å². The Kier molecular flexibility index (Phi) is 5.42. The molecule has 1 aromatic carbocycles. The second-order valence-electron chi connectivity index (χ2n) is 7.60. The molecule has 0 spiro atoms. The minimum absolute atomic E-state index is 0.0722. The molecule has 0 unspecified atom stereocenters. The lowest BCUT2D eigenvalue weighted by Gasteiger charge is -2.22. The average molecular weight is 430 g/mol. The fourth-order valence-corrected chi connectivity index (χ4v) is 2.85. The van der Waals surface area contributed by atoms with Crippen LogP contribution in [0.15, 0.2) is 42.5 Å². The molecule has 3 aromatic rings. The van der Waals surface area contributed by atoms with Crippen molar-refractivity contribution in [2.24, 2.45) is 0 Å². The van der Waals surface area contributed by atoms with Gasteiger partial charge >= 0.3 is 6.18 Å². The number of hydrogen-bond acceptors (Lipinski definition) is 6. The topological polar surface area (TPSA) is 110 Å². The number of nitriles is 1. The largest absolute Gasteiger partial charge is 0.433 e. The van der Waals surface area contributed by atoms with E-state index in [-0.39, 0.29) is 28.6 Å². The standard InChI is InChI=1S/C20H17F3N6O2/c1-19(2,3)28-18(26-16-6-4-5-15(25-16)20(21,22)23)14(11-24)17(27-28)12-7-9-13(10-8-12)29(30)31/h4-10H,1-3H3,(H,25,26). The molecule has 3 rings (SSSR count). The molecule has 0 saturated carbocycles. The Labute approximate surface area is 175 Å². The number of nitrogens with one attached hydrogen (secondary N) is 1. The van der Waals surface area contributed by atoms with Gasteiger partial charge in [-0.25, -0.2) is 9.67 Å². The summed E-state index contributed by atoms with van der Waals surface area (Å²) in [5.74, 6) is 0.0575. The van der Waals surface area contributed by atoms with E-state index in [4.69, 9.17) is 0 Å². The van der Waals surface area contributed by atoms with Gasteiger partial charge in [-0.05, 0) is 45.0 Å². The third-order valence-corrected chi connectivity index (χ3v) is 4.27. The van der Waals surface area contributed by atoms with Crippen LogP contribution in [0.25, 0.3) is 11.3 Å². The van der Waals surface area contributed by atoms with Crippen LogP contribution in [0, 0.1) is 21.4 Å². The number of nitro benzene ring substituents is 1. The van der Waals surface area contributed by atoms with Crippen molar-refractivity contribution in [1.82, 2.24) is 14.8 Å². The van der Waals surface area contributed by atoms with Crippen LogP contribution in [0.2, 0.25) is 0 Å². The van der Waals surface area contributed by atoms with Gasteiger partial charge in [-0.15, -0.1) is 0 Å². The second kappa shape index (κ2) is 7.71. The summed E-state index contributed by atoms with van der Waals surface area (Å²) in [7, 11) is 0. The van der Waals surface area contributed by atoms with Crippen LogP contribution in [0.5, 0.6) is 0 Å². The molecule has 0 radical (unpaired) electrons.